The SMILES string of the molecule is CC1CCC(OC(=O)CNC2CCCC2)CC1C. The van der Waals surface area contributed by atoms with E-state index >= 15 is 0 Å². The molecule has 0 aliphatic heterocycles. The van der Waals surface area contributed by atoms with E-state index in [1.54, 1.807) is 0 Å². The van der Waals surface area contributed by atoms with Gasteiger partial charge in [-0.2, -0.15) is 0 Å². The van der Waals surface area contributed by atoms with Crippen LogP contribution in [0.4, 0.5) is 0 Å². The maximum absolute atomic E-state index is 11.8. The van der Waals surface area contributed by atoms with Gasteiger partial charge in [-0.05, 0) is 43.9 Å². The monoisotopic (exact) mass is 253 g/mol. The topological polar surface area (TPSA) is 38.3 Å². The van der Waals surface area contributed by atoms with Gasteiger partial charge in [0.1, 0.15) is 6.10 Å². The van der Waals surface area contributed by atoms with Crippen molar-refractivity contribution in [1.82, 2.24) is 5.32 Å². The Morgan fingerprint density at radius 3 is 2.50 bits per heavy atom. The van der Waals surface area contributed by atoms with Crippen molar-refractivity contribution in [3.05, 3.63) is 0 Å². The van der Waals surface area contributed by atoms with E-state index in [2.05, 4.69) is 19.2 Å². The van der Waals surface area contributed by atoms with Crippen LogP contribution in [0, 0.1) is 11.8 Å². The van der Waals surface area contributed by atoms with Crippen LogP contribution in [-0.2, 0) is 9.53 Å². The molecule has 0 amide bonds. The molecule has 2 aliphatic rings. The van der Waals surface area contributed by atoms with Crippen LogP contribution in [0.15, 0.2) is 0 Å². The molecule has 3 nitrogen and oxygen atoms in total. The van der Waals surface area contributed by atoms with E-state index < -0.39 is 0 Å². The zero-order valence-corrected chi connectivity index (χ0v) is 11.8. The summed E-state index contributed by atoms with van der Waals surface area (Å²) in [6, 6.07) is 0.544. The molecule has 1 N–H and O–H groups in total. The van der Waals surface area contributed by atoms with E-state index in [0.29, 0.717) is 18.5 Å². The van der Waals surface area contributed by atoms with Gasteiger partial charge in [0.05, 0.1) is 6.54 Å². The molecule has 0 bridgehead atoms. The summed E-state index contributed by atoms with van der Waals surface area (Å²) in [5.74, 6) is 1.39. The third-order valence-corrected chi connectivity index (χ3v) is 4.74. The lowest BCUT2D eigenvalue weighted by atomic mass is 9.80. The van der Waals surface area contributed by atoms with Gasteiger partial charge in [0.2, 0.25) is 0 Å². The Kier molecular flexibility index (Phi) is 5.04. The molecular formula is C15H27NO2. The molecule has 0 aromatic heterocycles. The van der Waals surface area contributed by atoms with Gasteiger partial charge in [-0.15, -0.1) is 0 Å². The van der Waals surface area contributed by atoms with Gasteiger partial charge in [-0.1, -0.05) is 26.7 Å². The zero-order chi connectivity index (χ0) is 13.0. The Morgan fingerprint density at radius 1 is 1.11 bits per heavy atom. The van der Waals surface area contributed by atoms with Gasteiger partial charge in [-0.3, -0.25) is 4.79 Å². The summed E-state index contributed by atoms with van der Waals surface area (Å²) in [6.07, 6.45) is 8.45. The summed E-state index contributed by atoms with van der Waals surface area (Å²) >= 11 is 0. The summed E-state index contributed by atoms with van der Waals surface area (Å²) in [4.78, 5) is 11.8. The van der Waals surface area contributed by atoms with Crippen LogP contribution in [0.25, 0.3) is 0 Å². The van der Waals surface area contributed by atoms with Crippen molar-refractivity contribution < 1.29 is 9.53 Å². The maximum Gasteiger partial charge on any atom is 0.320 e. The number of esters is 1. The van der Waals surface area contributed by atoms with Gasteiger partial charge >= 0.3 is 5.97 Å². The summed E-state index contributed by atoms with van der Waals surface area (Å²) in [5, 5.41) is 3.32. The van der Waals surface area contributed by atoms with Gasteiger partial charge in [0, 0.05) is 6.04 Å². The molecule has 18 heavy (non-hydrogen) atoms. The molecule has 2 aliphatic carbocycles. The lowest BCUT2D eigenvalue weighted by Crippen LogP contribution is -2.36. The molecule has 0 aromatic carbocycles. The Hall–Kier alpha value is -0.570. The first-order chi connectivity index (χ1) is 8.65. The molecule has 104 valence electrons. The highest BCUT2D eigenvalue weighted by atomic mass is 16.5. The summed E-state index contributed by atoms with van der Waals surface area (Å²) < 4.78 is 5.57. The Morgan fingerprint density at radius 2 is 1.83 bits per heavy atom. The summed E-state index contributed by atoms with van der Waals surface area (Å²) in [7, 11) is 0. The quantitative estimate of drug-likeness (QED) is 0.783. The molecule has 0 heterocycles. The van der Waals surface area contributed by atoms with Crippen molar-refractivity contribution in [2.45, 2.75) is 70.9 Å². The van der Waals surface area contributed by atoms with E-state index in [1.165, 1.54) is 32.1 Å². The number of hydrogen-bond acceptors (Lipinski definition) is 3. The van der Waals surface area contributed by atoms with Crippen molar-refractivity contribution in [1.29, 1.82) is 0 Å². The van der Waals surface area contributed by atoms with Crippen molar-refractivity contribution in [3.63, 3.8) is 0 Å². The molecule has 3 heteroatoms. The number of ether oxygens (including phenoxy) is 1. The van der Waals surface area contributed by atoms with Crippen LogP contribution in [-0.4, -0.2) is 24.7 Å². The zero-order valence-electron chi connectivity index (χ0n) is 11.8. The Balaban J connectivity index is 1.64. The first kappa shape index (κ1) is 13.9. The molecular weight excluding hydrogens is 226 g/mol. The van der Waals surface area contributed by atoms with Crippen LogP contribution < -0.4 is 5.32 Å². The third-order valence-electron chi connectivity index (χ3n) is 4.74. The number of carbonyl (C=O) groups is 1. The van der Waals surface area contributed by atoms with Crippen LogP contribution in [0.3, 0.4) is 0 Å². The number of hydrogen-bond donors (Lipinski definition) is 1. The number of carbonyl (C=O) groups excluding carboxylic acids is 1. The largest absolute Gasteiger partial charge is 0.461 e. The highest BCUT2D eigenvalue weighted by Crippen LogP contribution is 2.30. The van der Waals surface area contributed by atoms with E-state index in [-0.39, 0.29) is 12.1 Å². The lowest BCUT2D eigenvalue weighted by Gasteiger charge is -2.31. The van der Waals surface area contributed by atoms with Gasteiger partial charge in [0.15, 0.2) is 0 Å². The smallest absolute Gasteiger partial charge is 0.320 e. The van der Waals surface area contributed by atoms with E-state index in [9.17, 15) is 4.79 Å². The Bertz CT molecular complexity index is 274. The second-order valence-corrected chi connectivity index (χ2v) is 6.24. The fourth-order valence-corrected chi connectivity index (χ4v) is 3.19. The average Bonchev–Trinajstić information content (AvgIpc) is 2.84. The van der Waals surface area contributed by atoms with Crippen LogP contribution in [0.2, 0.25) is 0 Å². The first-order valence-corrected chi connectivity index (χ1v) is 7.58. The number of nitrogens with one attached hydrogen (secondary N) is 1. The minimum absolute atomic E-state index is 0.0614. The average molecular weight is 253 g/mol. The van der Waals surface area contributed by atoms with E-state index in [0.717, 1.165) is 18.8 Å². The fourth-order valence-electron chi connectivity index (χ4n) is 3.19. The van der Waals surface area contributed by atoms with E-state index in [4.69, 9.17) is 4.74 Å². The molecule has 3 atom stereocenters. The van der Waals surface area contributed by atoms with Crippen LogP contribution >= 0.6 is 0 Å². The van der Waals surface area contributed by atoms with Crippen molar-refractivity contribution >= 4 is 5.97 Å². The predicted octanol–water partition coefficient (Wildman–Crippen LogP) is 2.89. The van der Waals surface area contributed by atoms with Gasteiger partial charge in [0.25, 0.3) is 0 Å². The third kappa shape index (κ3) is 3.98. The molecule has 0 spiro atoms. The molecule has 0 aromatic rings. The van der Waals surface area contributed by atoms with E-state index in [1.807, 2.05) is 0 Å². The fraction of sp³-hybridized carbons (Fsp3) is 0.933. The number of rotatable bonds is 4. The highest BCUT2D eigenvalue weighted by molar-refractivity contribution is 5.71. The molecule has 2 saturated carbocycles. The Labute approximate surface area is 111 Å². The van der Waals surface area contributed by atoms with Crippen molar-refractivity contribution in [2.75, 3.05) is 6.54 Å². The molecule has 0 saturated heterocycles. The minimum Gasteiger partial charge on any atom is -0.461 e. The van der Waals surface area contributed by atoms with Crippen LogP contribution in [0.5, 0.6) is 0 Å². The second-order valence-electron chi connectivity index (χ2n) is 6.24. The van der Waals surface area contributed by atoms with Gasteiger partial charge < -0.3 is 10.1 Å². The van der Waals surface area contributed by atoms with Crippen molar-refractivity contribution in [3.8, 4) is 0 Å². The summed E-state index contributed by atoms with van der Waals surface area (Å²) in [5.41, 5.74) is 0. The standard InChI is InChI=1S/C15H27NO2/c1-11-7-8-14(9-12(11)2)18-15(17)10-16-13-5-3-4-6-13/h11-14,16H,3-10H2,1-2H3. The predicted molar refractivity (Wildman–Crippen MR) is 72.3 cm³/mol. The highest BCUT2D eigenvalue weighted by Gasteiger charge is 2.27. The normalized spacial score (nSPS) is 33.6. The lowest BCUT2D eigenvalue weighted by molar-refractivity contribution is -0.150. The van der Waals surface area contributed by atoms with Crippen LogP contribution in [0.1, 0.15) is 58.8 Å². The van der Waals surface area contributed by atoms with Gasteiger partial charge in [-0.25, -0.2) is 0 Å². The van der Waals surface area contributed by atoms with Crippen molar-refractivity contribution in [2.24, 2.45) is 11.8 Å². The maximum atomic E-state index is 11.8. The molecule has 2 rings (SSSR count). The molecule has 2 fully saturated rings. The second kappa shape index (κ2) is 6.55. The summed E-state index contributed by atoms with van der Waals surface area (Å²) in [6.45, 7) is 4.96. The molecule has 3 unspecified atom stereocenters. The minimum atomic E-state index is -0.0614. The first-order valence-electron chi connectivity index (χ1n) is 7.58. The molecule has 0 radical (unpaired) electrons.